The van der Waals surface area contributed by atoms with Crippen molar-refractivity contribution in [2.75, 3.05) is 0 Å². The highest BCUT2D eigenvalue weighted by atomic mass is 16.3. The third-order valence-corrected chi connectivity index (χ3v) is 9.43. The Morgan fingerprint density at radius 1 is 0.533 bits per heavy atom. The van der Waals surface area contributed by atoms with Gasteiger partial charge in [-0.15, -0.1) is 0 Å². The van der Waals surface area contributed by atoms with Crippen LogP contribution in [0, 0.1) is 0 Å². The van der Waals surface area contributed by atoms with Crippen LogP contribution in [0.15, 0.2) is 150 Å². The summed E-state index contributed by atoms with van der Waals surface area (Å²) >= 11 is 0. The number of hydrogen-bond donors (Lipinski definition) is 0. The van der Waals surface area contributed by atoms with E-state index >= 15 is 0 Å². The lowest BCUT2D eigenvalue weighted by molar-refractivity contribution is 0.669. The molecular weight excluding hydrogens is 546 g/mol. The summed E-state index contributed by atoms with van der Waals surface area (Å²) in [7, 11) is 0. The fraction of sp³-hybridized carbons (Fsp3) is 0.0698. The fourth-order valence-electron chi connectivity index (χ4n) is 7.16. The maximum Gasteiger partial charge on any atom is 0.136 e. The molecule has 0 saturated carbocycles. The van der Waals surface area contributed by atoms with Crippen LogP contribution in [0.2, 0.25) is 0 Å². The molecule has 214 valence electrons. The van der Waals surface area contributed by atoms with E-state index in [-0.39, 0.29) is 0 Å². The number of allylic oxidation sites excluding steroid dienone is 1. The van der Waals surface area contributed by atoms with Gasteiger partial charge in [-0.05, 0) is 88.3 Å². The van der Waals surface area contributed by atoms with Crippen molar-refractivity contribution in [3.05, 3.63) is 157 Å². The smallest absolute Gasteiger partial charge is 0.136 e. The summed E-state index contributed by atoms with van der Waals surface area (Å²) in [6, 6.07) is 50.2. The Balaban J connectivity index is 1.15. The second-order valence-electron chi connectivity index (χ2n) is 12.2. The number of hydrogen-bond acceptors (Lipinski definition) is 1. The van der Waals surface area contributed by atoms with Gasteiger partial charge >= 0.3 is 0 Å². The molecule has 0 amide bonds. The maximum absolute atomic E-state index is 6.34. The number of benzene rings is 6. The molecule has 0 radical (unpaired) electrons. The Morgan fingerprint density at radius 3 is 1.89 bits per heavy atom. The van der Waals surface area contributed by atoms with Gasteiger partial charge in [0.25, 0.3) is 0 Å². The molecule has 8 aromatic rings. The van der Waals surface area contributed by atoms with Crippen molar-refractivity contribution < 1.29 is 4.42 Å². The molecule has 0 aliphatic heterocycles. The van der Waals surface area contributed by atoms with Crippen LogP contribution in [0.1, 0.15) is 30.5 Å². The molecule has 0 spiro atoms. The van der Waals surface area contributed by atoms with E-state index in [1.54, 1.807) is 0 Å². The number of nitrogens with zero attached hydrogens (tertiary/aromatic N) is 1. The van der Waals surface area contributed by atoms with Crippen LogP contribution in [-0.4, -0.2) is 4.57 Å². The SMILES string of the molecule is CC1CC=Cc2c1n(-c1ccc(-c3ccccc3)cc1)c1ccc(-c3ccc4oc5cc(-c6ccccc6)ccc5c4c3)cc21. The van der Waals surface area contributed by atoms with Gasteiger partial charge in [0.05, 0.1) is 5.52 Å². The summed E-state index contributed by atoms with van der Waals surface area (Å²) in [5, 5.41) is 3.59. The predicted molar refractivity (Wildman–Crippen MR) is 189 cm³/mol. The zero-order valence-corrected chi connectivity index (χ0v) is 25.1. The number of rotatable bonds is 4. The van der Waals surface area contributed by atoms with Gasteiger partial charge in [0.1, 0.15) is 11.2 Å². The molecule has 6 aromatic carbocycles. The molecule has 1 unspecified atom stereocenters. The van der Waals surface area contributed by atoms with Crippen LogP contribution in [0.4, 0.5) is 0 Å². The van der Waals surface area contributed by atoms with Crippen LogP contribution >= 0.6 is 0 Å². The molecule has 1 atom stereocenters. The highest BCUT2D eigenvalue weighted by Gasteiger charge is 2.24. The zero-order valence-electron chi connectivity index (χ0n) is 25.1. The van der Waals surface area contributed by atoms with Crippen molar-refractivity contribution in [1.82, 2.24) is 4.57 Å². The average Bonchev–Trinajstić information content (AvgIpc) is 3.64. The van der Waals surface area contributed by atoms with E-state index in [0.29, 0.717) is 5.92 Å². The van der Waals surface area contributed by atoms with E-state index in [1.165, 1.54) is 61.2 Å². The summed E-state index contributed by atoms with van der Waals surface area (Å²) in [6.07, 6.45) is 5.71. The van der Waals surface area contributed by atoms with Crippen molar-refractivity contribution in [3.63, 3.8) is 0 Å². The van der Waals surface area contributed by atoms with E-state index in [1.807, 2.05) is 6.07 Å². The Morgan fingerprint density at radius 2 is 1.13 bits per heavy atom. The minimum absolute atomic E-state index is 0.434. The van der Waals surface area contributed by atoms with Crippen molar-refractivity contribution in [1.29, 1.82) is 0 Å². The minimum atomic E-state index is 0.434. The van der Waals surface area contributed by atoms with E-state index in [2.05, 4.69) is 157 Å². The van der Waals surface area contributed by atoms with E-state index < -0.39 is 0 Å². The number of aromatic nitrogens is 1. The standard InChI is InChI=1S/C43H31NO/c1-28-9-8-14-37-38-25-32(18-23-40(38)44(43(28)37)35-20-15-31(16-21-35)29-10-4-2-5-11-29)33-19-24-41-39(26-33)36-22-17-34(27-42(36)45-41)30-12-6-3-7-13-30/h2-8,10-28H,9H2,1H3. The first-order valence-electron chi connectivity index (χ1n) is 15.7. The van der Waals surface area contributed by atoms with E-state index in [0.717, 1.165) is 28.4 Å². The molecule has 1 aliphatic carbocycles. The Bertz CT molecular complexity index is 2390. The van der Waals surface area contributed by atoms with Crippen LogP contribution in [0.5, 0.6) is 0 Å². The maximum atomic E-state index is 6.34. The van der Waals surface area contributed by atoms with Gasteiger partial charge in [-0.1, -0.05) is 110 Å². The van der Waals surface area contributed by atoms with Gasteiger partial charge in [-0.25, -0.2) is 0 Å². The first-order chi connectivity index (χ1) is 22.2. The normalized spacial score (nSPS) is 14.4. The summed E-state index contributed by atoms with van der Waals surface area (Å²) in [4.78, 5) is 0. The second kappa shape index (κ2) is 10.2. The first kappa shape index (κ1) is 25.9. The molecule has 0 N–H and O–H groups in total. The monoisotopic (exact) mass is 577 g/mol. The van der Waals surface area contributed by atoms with Crippen molar-refractivity contribution in [2.45, 2.75) is 19.3 Å². The van der Waals surface area contributed by atoms with E-state index in [9.17, 15) is 0 Å². The van der Waals surface area contributed by atoms with Gasteiger partial charge in [0, 0.05) is 39.0 Å². The molecule has 2 heteroatoms. The molecule has 1 aliphatic rings. The summed E-state index contributed by atoms with van der Waals surface area (Å²) in [5.74, 6) is 0.434. The molecule has 2 heterocycles. The van der Waals surface area contributed by atoms with Crippen LogP contribution < -0.4 is 0 Å². The Hall–Kier alpha value is -5.60. The van der Waals surface area contributed by atoms with Crippen molar-refractivity contribution in [2.24, 2.45) is 0 Å². The lowest BCUT2D eigenvalue weighted by Crippen LogP contribution is -2.06. The number of furan rings is 1. The second-order valence-corrected chi connectivity index (χ2v) is 12.2. The third-order valence-electron chi connectivity index (χ3n) is 9.43. The number of fused-ring (bicyclic) bond motifs is 6. The van der Waals surface area contributed by atoms with Gasteiger partial charge in [-0.3, -0.25) is 0 Å². The molecule has 0 bridgehead atoms. The molecule has 9 rings (SSSR count). The van der Waals surface area contributed by atoms with Gasteiger partial charge in [0.15, 0.2) is 0 Å². The third kappa shape index (κ3) is 4.25. The lowest BCUT2D eigenvalue weighted by Gasteiger charge is -2.19. The quantitative estimate of drug-likeness (QED) is 0.203. The van der Waals surface area contributed by atoms with Crippen LogP contribution in [0.25, 0.3) is 78.0 Å². The van der Waals surface area contributed by atoms with Crippen molar-refractivity contribution in [3.8, 4) is 39.1 Å². The molecule has 0 saturated heterocycles. The predicted octanol–water partition coefficient (Wildman–Crippen LogP) is 12.1. The highest BCUT2D eigenvalue weighted by molar-refractivity contribution is 6.07. The van der Waals surface area contributed by atoms with Crippen LogP contribution in [0.3, 0.4) is 0 Å². The summed E-state index contributed by atoms with van der Waals surface area (Å²) < 4.78 is 8.82. The van der Waals surface area contributed by atoms with Gasteiger partial charge in [-0.2, -0.15) is 0 Å². The van der Waals surface area contributed by atoms with E-state index in [4.69, 9.17) is 4.42 Å². The largest absolute Gasteiger partial charge is 0.456 e. The van der Waals surface area contributed by atoms with Gasteiger partial charge < -0.3 is 8.98 Å². The molecule has 2 nitrogen and oxygen atoms in total. The lowest BCUT2D eigenvalue weighted by atomic mass is 9.92. The van der Waals surface area contributed by atoms with Gasteiger partial charge in [0.2, 0.25) is 0 Å². The fourth-order valence-corrected chi connectivity index (χ4v) is 7.16. The molecule has 0 fully saturated rings. The molecular formula is C43H31NO. The summed E-state index contributed by atoms with van der Waals surface area (Å²) in [6.45, 7) is 2.35. The molecule has 45 heavy (non-hydrogen) atoms. The Kier molecular flexibility index (Phi) is 5.89. The average molecular weight is 578 g/mol. The van der Waals surface area contributed by atoms with Crippen molar-refractivity contribution >= 4 is 38.9 Å². The zero-order chi connectivity index (χ0) is 29.9. The minimum Gasteiger partial charge on any atom is -0.456 e. The Labute approximate surface area is 262 Å². The molecule has 2 aromatic heterocycles. The highest BCUT2D eigenvalue weighted by Crippen LogP contribution is 2.42. The topological polar surface area (TPSA) is 18.1 Å². The summed E-state index contributed by atoms with van der Waals surface area (Å²) in [5.41, 5.74) is 14.3. The first-order valence-corrected chi connectivity index (χ1v) is 15.7. The van der Waals surface area contributed by atoms with Crippen LogP contribution in [-0.2, 0) is 0 Å².